The van der Waals surface area contributed by atoms with Gasteiger partial charge in [-0.1, -0.05) is 32.8 Å². The molecule has 0 aliphatic rings. The Bertz CT molecular complexity index is 294. The van der Waals surface area contributed by atoms with Gasteiger partial charge in [0.25, 0.3) is 0 Å². The average Bonchev–Trinajstić information content (AvgIpc) is 2.18. The SMILES string of the molecule is CCCCC(C)c1ccc(O)c(O)c1. The number of rotatable bonds is 4. The van der Waals surface area contributed by atoms with E-state index in [1.54, 1.807) is 12.1 Å². The lowest BCUT2D eigenvalue weighted by Gasteiger charge is -2.11. The molecule has 1 aromatic carbocycles. The second-order valence-corrected chi connectivity index (χ2v) is 3.79. The van der Waals surface area contributed by atoms with Crippen molar-refractivity contribution in [2.24, 2.45) is 0 Å². The fourth-order valence-electron chi connectivity index (χ4n) is 1.52. The Hall–Kier alpha value is -1.18. The zero-order valence-corrected chi connectivity index (χ0v) is 8.83. The van der Waals surface area contributed by atoms with Crippen LogP contribution in [-0.4, -0.2) is 10.2 Å². The summed E-state index contributed by atoms with van der Waals surface area (Å²) in [7, 11) is 0. The van der Waals surface area contributed by atoms with E-state index < -0.39 is 0 Å². The van der Waals surface area contributed by atoms with E-state index in [1.807, 2.05) is 6.07 Å². The Morgan fingerprint density at radius 2 is 1.93 bits per heavy atom. The van der Waals surface area contributed by atoms with E-state index in [2.05, 4.69) is 13.8 Å². The van der Waals surface area contributed by atoms with E-state index in [0.717, 1.165) is 12.0 Å². The zero-order chi connectivity index (χ0) is 10.6. The van der Waals surface area contributed by atoms with Crippen molar-refractivity contribution < 1.29 is 10.2 Å². The van der Waals surface area contributed by atoms with Crippen LogP contribution in [0, 0.1) is 0 Å². The maximum absolute atomic E-state index is 9.32. The van der Waals surface area contributed by atoms with Crippen LogP contribution in [0.3, 0.4) is 0 Å². The van der Waals surface area contributed by atoms with E-state index in [1.165, 1.54) is 12.8 Å². The summed E-state index contributed by atoms with van der Waals surface area (Å²) in [5.41, 5.74) is 1.09. The first-order chi connectivity index (χ1) is 6.65. The van der Waals surface area contributed by atoms with Crippen LogP contribution in [0.25, 0.3) is 0 Å². The molecule has 2 nitrogen and oxygen atoms in total. The Morgan fingerprint density at radius 1 is 1.21 bits per heavy atom. The molecule has 0 amide bonds. The van der Waals surface area contributed by atoms with Crippen LogP contribution < -0.4 is 0 Å². The van der Waals surface area contributed by atoms with Crippen molar-refractivity contribution >= 4 is 0 Å². The van der Waals surface area contributed by atoms with Gasteiger partial charge in [-0.25, -0.2) is 0 Å². The molecular weight excluding hydrogens is 176 g/mol. The molecule has 0 aliphatic carbocycles. The van der Waals surface area contributed by atoms with Gasteiger partial charge in [0, 0.05) is 0 Å². The number of hydrogen-bond acceptors (Lipinski definition) is 2. The van der Waals surface area contributed by atoms with Crippen molar-refractivity contribution in [2.45, 2.75) is 39.0 Å². The molecule has 0 aliphatic heterocycles. The number of benzene rings is 1. The summed E-state index contributed by atoms with van der Waals surface area (Å²) in [4.78, 5) is 0. The summed E-state index contributed by atoms with van der Waals surface area (Å²) in [6.07, 6.45) is 3.51. The van der Waals surface area contributed by atoms with Gasteiger partial charge in [0.15, 0.2) is 11.5 Å². The van der Waals surface area contributed by atoms with Crippen LogP contribution in [0.2, 0.25) is 0 Å². The van der Waals surface area contributed by atoms with E-state index in [-0.39, 0.29) is 11.5 Å². The van der Waals surface area contributed by atoms with Crippen LogP contribution in [0.15, 0.2) is 18.2 Å². The lowest BCUT2D eigenvalue weighted by atomic mass is 9.95. The highest BCUT2D eigenvalue weighted by Gasteiger charge is 2.07. The summed E-state index contributed by atoms with van der Waals surface area (Å²) in [6.45, 7) is 4.31. The largest absolute Gasteiger partial charge is 0.504 e. The summed E-state index contributed by atoms with van der Waals surface area (Å²) < 4.78 is 0. The highest BCUT2D eigenvalue weighted by atomic mass is 16.3. The summed E-state index contributed by atoms with van der Waals surface area (Å²) in [5, 5.41) is 18.5. The van der Waals surface area contributed by atoms with E-state index in [9.17, 15) is 5.11 Å². The normalized spacial score (nSPS) is 12.7. The number of aromatic hydroxyl groups is 2. The molecule has 0 radical (unpaired) electrons. The minimum atomic E-state index is -0.0450. The number of phenolic OH excluding ortho intramolecular Hbond substituents is 2. The van der Waals surface area contributed by atoms with Crippen molar-refractivity contribution in [1.29, 1.82) is 0 Å². The summed E-state index contributed by atoms with van der Waals surface area (Å²) in [6, 6.07) is 5.07. The molecule has 1 aromatic rings. The Morgan fingerprint density at radius 3 is 2.50 bits per heavy atom. The van der Waals surface area contributed by atoms with Gasteiger partial charge >= 0.3 is 0 Å². The number of phenols is 2. The molecule has 0 bridgehead atoms. The number of hydrogen-bond donors (Lipinski definition) is 2. The number of unbranched alkanes of at least 4 members (excludes halogenated alkanes) is 1. The van der Waals surface area contributed by atoms with Crippen LogP contribution >= 0.6 is 0 Å². The molecule has 1 atom stereocenters. The van der Waals surface area contributed by atoms with E-state index in [4.69, 9.17) is 5.11 Å². The van der Waals surface area contributed by atoms with Crippen LogP contribution in [-0.2, 0) is 0 Å². The third kappa shape index (κ3) is 2.66. The fraction of sp³-hybridized carbons (Fsp3) is 0.500. The predicted octanol–water partition coefficient (Wildman–Crippen LogP) is 3.39. The van der Waals surface area contributed by atoms with E-state index in [0.29, 0.717) is 5.92 Å². The first-order valence-electron chi connectivity index (χ1n) is 5.17. The van der Waals surface area contributed by atoms with Gasteiger partial charge in [-0.3, -0.25) is 0 Å². The molecule has 0 aromatic heterocycles. The fourth-order valence-corrected chi connectivity index (χ4v) is 1.52. The molecule has 0 saturated carbocycles. The van der Waals surface area contributed by atoms with Crippen molar-refractivity contribution in [2.75, 3.05) is 0 Å². The third-order valence-electron chi connectivity index (χ3n) is 2.56. The van der Waals surface area contributed by atoms with Crippen molar-refractivity contribution in [3.63, 3.8) is 0 Å². The predicted molar refractivity (Wildman–Crippen MR) is 57.7 cm³/mol. The Kier molecular flexibility index (Phi) is 3.81. The van der Waals surface area contributed by atoms with Gasteiger partial charge < -0.3 is 10.2 Å². The van der Waals surface area contributed by atoms with Crippen LogP contribution in [0.1, 0.15) is 44.6 Å². The average molecular weight is 194 g/mol. The second-order valence-electron chi connectivity index (χ2n) is 3.79. The van der Waals surface area contributed by atoms with Gasteiger partial charge in [0.05, 0.1) is 0 Å². The molecule has 0 heterocycles. The van der Waals surface area contributed by atoms with Gasteiger partial charge in [-0.2, -0.15) is 0 Å². The van der Waals surface area contributed by atoms with Gasteiger partial charge in [-0.05, 0) is 30.0 Å². The molecule has 14 heavy (non-hydrogen) atoms. The topological polar surface area (TPSA) is 40.5 Å². The Balaban J connectivity index is 2.70. The minimum absolute atomic E-state index is 0.0224. The maximum atomic E-state index is 9.32. The quantitative estimate of drug-likeness (QED) is 0.721. The van der Waals surface area contributed by atoms with Gasteiger partial charge in [0.2, 0.25) is 0 Å². The van der Waals surface area contributed by atoms with Gasteiger partial charge in [0.1, 0.15) is 0 Å². The van der Waals surface area contributed by atoms with Crippen molar-refractivity contribution in [3.8, 4) is 11.5 Å². The molecule has 78 valence electrons. The summed E-state index contributed by atoms with van der Waals surface area (Å²) in [5.74, 6) is 0.378. The van der Waals surface area contributed by atoms with Crippen LogP contribution in [0.4, 0.5) is 0 Å². The standard InChI is InChI=1S/C12H18O2/c1-3-4-5-9(2)10-6-7-11(13)12(14)8-10/h6-9,13-14H,3-5H2,1-2H3. The van der Waals surface area contributed by atoms with Gasteiger partial charge in [-0.15, -0.1) is 0 Å². The maximum Gasteiger partial charge on any atom is 0.157 e. The van der Waals surface area contributed by atoms with E-state index >= 15 is 0 Å². The molecule has 2 heteroatoms. The third-order valence-corrected chi connectivity index (χ3v) is 2.56. The van der Waals surface area contributed by atoms with Crippen molar-refractivity contribution in [3.05, 3.63) is 23.8 Å². The molecule has 0 fully saturated rings. The minimum Gasteiger partial charge on any atom is -0.504 e. The zero-order valence-electron chi connectivity index (χ0n) is 8.83. The molecule has 0 saturated heterocycles. The highest BCUT2D eigenvalue weighted by molar-refractivity contribution is 5.41. The van der Waals surface area contributed by atoms with Crippen LogP contribution in [0.5, 0.6) is 11.5 Å². The molecule has 1 rings (SSSR count). The van der Waals surface area contributed by atoms with Crippen molar-refractivity contribution in [1.82, 2.24) is 0 Å². The monoisotopic (exact) mass is 194 g/mol. The molecule has 2 N–H and O–H groups in total. The second kappa shape index (κ2) is 4.89. The Labute approximate surface area is 85.2 Å². The lowest BCUT2D eigenvalue weighted by molar-refractivity contribution is 0.402. The highest BCUT2D eigenvalue weighted by Crippen LogP contribution is 2.30. The molecular formula is C12H18O2. The first kappa shape index (κ1) is 10.9. The smallest absolute Gasteiger partial charge is 0.157 e. The molecule has 0 spiro atoms. The summed E-state index contributed by atoms with van der Waals surface area (Å²) >= 11 is 0. The lowest BCUT2D eigenvalue weighted by Crippen LogP contribution is -1.92. The molecule has 1 unspecified atom stereocenters. The first-order valence-corrected chi connectivity index (χ1v) is 5.17.